The second-order valence-corrected chi connectivity index (χ2v) is 8.72. The lowest BCUT2D eigenvalue weighted by Crippen LogP contribution is -2.25. The fourth-order valence-electron chi connectivity index (χ4n) is 4.03. The molecule has 38 heavy (non-hydrogen) atoms. The number of hydrogen-bond donors (Lipinski definition) is 3. The molecule has 7 heteroatoms. The van der Waals surface area contributed by atoms with Gasteiger partial charge in [-0.2, -0.15) is 5.26 Å². The Bertz CT molecular complexity index is 1430. The highest BCUT2D eigenvalue weighted by atomic mass is 16.5. The van der Waals surface area contributed by atoms with E-state index in [2.05, 4.69) is 42.6 Å². The van der Waals surface area contributed by atoms with Crippen molar-refractivity contribution >= 4 is 5.91 Å². The van der Waals surface area contributed by atoms with Crippen molar-refractivity contribution in [3.8, 4) is 34.4 Å². The minimum Gasteiger partial charge on any atom is -0.489 e. The van der Waals surface area contributed by atoms with Gasteiger partial charge in [-0.3, -0.25) is 10.0 Å². The van der Waals surface area contributed by atoms with Crippen molar-refractivity contribution in [1.29, 1.82) is 5.26 Å². The first-order valence-electron chi connectivity index (χ1n) is 12.3. The van der Waals surface area contributed by atoms with Gasteiger partial charge in [0.1, 0.15) is 23.9 Å². The lowest BCUT2D eigenvalue weighted by molar-refractivity contribution is -0.129. The van der Waals surface area contributed by atoms with Crippen LogP contribution in [0.5, 0.6) is 17.2 Å². The molecule has 7 nitrogen and oxygen atoms in total. The van der Waals surface area contributed by atoms with E-state index in [9.17, 15) is 10.1 Å². The Kier molecular flexibility index (Phi) is 9.08. The number of benzene rings is 4. The maximum atomic E-state index is 11.3. The van der Waals surface area contributed by atoms with Crippen molar-refractivity contribution < 1.29 is 19.5 Å². The minimum absolute atomic E-state index is 0.138. The molecule has 1 amide bonds. The fourth-order valence-corrected chi connectivity index (χ4v) is 4.03. The van der Waals surface area contributed by atoms with Crippen LogP contribution < -0.4 is 20.3 Å². The second-order valence-electron chi connectivity index (χ2n) is 8.72. The number of ether oxygens (including phenoxy) is 2. The number of hydroxylamine groups is 1. The molecule has 0 heterocycles. The molecule has 0 saturated heterocycles. The SMILES string of the molecule is Cc1c(COc2ccc(CNCCC(=O)NO)c(Oc3cccc(C#N)c3)c2)cccc1-c1ccccc1. The molecule has 0 aliphatic carbocycles. The zero-order valence-electron chi connectivity index (χ0n) is 21.1. The summed E-state index contributed by atoms with van der Waals surface area (Å²) in [6, 6.07) is 31.2. The van der Waals surface area contributed by atoms with E-state index in [1.165, 1.54) is 5.56 Å². The van der Waals surface area contributed by atoms with Crippen LogP contribution in [-0.2, 0) is 17.9 Å². The molecule has 4 rings (SSSR count). The molecule has 0 aromatic heterocycles. The normalized spacial score (nSPS) is 10.4. The zero-order chi connectivity index (χ0) is 26.7. The van der Waals surface area contributed by atoms with E-state index in [0.29, 0.717) is 42.5 Å². The maximum absolute atomic E-state index is 11.3. The van der Waals surface area contributed by atoms with Gasteiger partial charge in [0.05, 0.1) is 11.6 Å². The van der Waals surface area contributed by atoms with E-state index in [0.717, 1.165) is 22.3 Å². The third-order valence-electron chi connectivity index (χ3n) is 6.12. The number of rotatable bonds is 11. The monoisotopic (exact) mass is 507 g/mol. The topological polar surface area (TPSA) is 104 Å². The maximum Gasteiger partial charge on any atom is 0.244 e. The van der Waals surface area contributed by atoms with Crippen molar-refractivity contribution in [2.45, 2.75) is 26.5 Å². The molecule has 0 bridgehead atoms. The Morgan fingerprint density at radius 2 is 1.74 bits per heavy atom. The number of amides is 1. The Morgan fingerprint density at radius 3 is 2.53 bits per heavy atom. The van der Waals surface area contributed by atoms with E-state index in [-0.39, 0.29) is 6.42 Å². The number of nitrogens with zero attached hydrogens (tertiary/aromatic N) is 1. The van der Waals surface area contributed by atoms with Gasteiger partial charge >= 0.3 is 0 Å². The molecule has 0 spiro atoms. The molecular formula is C31H29N3O4. The van der Waals surface area contributed by atoms with Gasteiger partial charge in [0.15, 0.2) is 0 Å². The van der Waals surface area contributed by atoms with Gasteiger partial charge in [0, 0.05) is 31.1 Å². The summed E-state index contributed by atoms with van der Waals surface area (Å²) in [6.45, 7) is 3.31. The lowest BCUT2D eigenvalue weighted by Gasteiger charge is -2.16. The first kappa shape index (κ1) is 26.4. The van der Waals surface area contributed by atoms with E-state index in [1.807, 2.05) is 42.5 Å². The van der Waals surface area contributed by atoms with Gasteiger partial charge in [-0.05, 0) is 53.4 Å². The number of carbonyl (C=O) groups is 1. The van der Waals surface area contributed by atoms with Crippen LogP contribution in [0.1, 0.15) is 28.7 Å². The molecule has 0 aliphatic rings. The smallest absolute Gasteiger partial charge is 0.244 e. The van der Waals surface area contributed by atoms with Crippen LogP contribution in [0.25, 0.3) is 11.1 Å². The number of hydrogen-bond acceptors (Lipinski definition) is 6. The molecule has 0 fully saturated rings. The molecule has 4 aromatic carbocycles. The van der Waals surface area contributed by atoms with E-state index < -0.39 is 5.91 Å². The Labute approximate surface area is 222 Å². The number of nitrogens with one attached hydrogen (secondary N) is 2. The lowest BCUT2D eigenvalue weighted by atomic mass is 9.97. The van der Waals surface area contributed by atoms with Crippen LogP contribution in [0.15, 0.2) is 91.0 Å². The van der Waals surface area contributed by atoms with Crippen LogP contribution in [0.3, 0.4) is 0 Å². The van der Waals surface area contributed by atoms with Crippen LogP contribution in [0.2, 0.25) is 0 Å². The summed E-state index contributed by atoms with van der Waals surface area (Å²) < 4.78 is 12.3. The number of nitriles is 1. The fraction of sp³-hybridized carbons (Fsp3) is 0.161. The first-order chi connectivity index (χ1) is 18.6. The molecule has 0 aliphatic heterocycles. The third kappa shape index (κ3) is 6.98. The third-order valence-corrected chi connectivity index (χ3v) is 6.12. The average Bonchev–Trinajstić information content (AvgIpc) is 2.96. The van der Waals surface area contributed by atoms with E-state index in [1.54, 1.807) is 29.7 Å². The van der Waals surface area contributed by atoms with Gasteiger partial charge in [-0.15, -0.1) is 0 Å². The highest BCUT2D eigenvalue weighted by molar-refractivity contribution is 5.74. The molecule has 192 valence electrons. The van der Waals surface area contributed by atoms with E-state index in [4.69, 9.17) is 14.7 Å². The zero-order valence-corrected chi connectivity index (χ0v) is 21.1. The van der Waals surface area contributed by atoms with Crippen molar-refractivity contribution in [1.82, 2.24) is 10.8 Å². The van der Waals surface area contributed by atoms with Crippen LogP contribution in [-0.4, -0.2) is 17.7 Å². The Hall–Kier alpha value is -4.64. The van der Waals surface area contributed by atoms with Crippen molar-refractivity contribution in [3.05, 3.63) is 113 Å². The predicted molar refractivity (Wildman–Crippen MR) is 145 cm³/mol. The highest BCUT2D eigenvalue weighted by Gasteiger charge is 2.11. The summed E-state index contributed by atoms with van der Waals surface area (Å²) in [5, 5.41) is 21.1. The second kappa shape index (κ2) is 13.1. The molecule has 4 aromatic rings. The van der Waals surface area contributed by atoms with Gasteiger partial charge in [-0.25, -0.2) is 5.48 Å². The molecular weight excluding hydrogens is 478 g/mol. The van der Waals surface area contributed by atoms with Gasteiger partial charge in [0.2, 0.25) is 5.91 Å². The molecule has 0 unspecified atom stereocenters. The molecule has 0 radical (unpaired) electrons. The van der Waals surface area contributed by atoms with Crippen LogP contribution in [0.4, 0.5) is 0 Å². The average molecular weight is 508 g/mol. The summed E-state index contributed by atoms with van der Waals surface area (Å²) in [6.07, 6.45) is 0.138. The van der Waals surface area contributed by atoms with E-state index >= 15 is 0 Å². The molecule has 3 N–H and O–H groups in total. The largest absolute Gasteiger partial charge is 0.489 e. The highest BCUT2D eigenvalue weighted by Crippen LogP contribution is 2.31. The predicted octanol–water partition coefficient (Wildman–Crippen LogP) is 5.89. The van der Waals surface area contributed by atoms with Crippen LogP contribution in [0, 0.1) is 18.3 Å². The van der Waals surface area contributed by atoms with Gasteiger partial charge < -0.3 is 14.8 Å². The number of carbonyl (C=O) groups excluding carboxylic acids is 1. The van der Waals surface area contributed by atoms with Gasteiger partial charge in [0.25, 0.3) is 0 Å². The Morgan fingerprint density at radius 1 is 0.921 bits per heavy atom. The van der Waals surface area contributed by atoms with Crippen LogP contribution >= 0.6 is 0 Å². The summed E-state index contributed by atoms with van der Waals surface area (Å²) >= 11 is 0. The summed E-state index contributed by atoms with van der Waals surface area (Å²) in [5.41, 5.74) is 7.56. The Balaban J connectivity index is 1.52. The standard InChI is InChI=1S/C31H29N3O4/c1-22-26(10-6-12-29(22)24-8-3-2-4-9-24)21-37-27-14-13-25(20-33-16-15-31(35)34-36)30(18-27)38-28-11-5-7-23(17-28)19-32/h2-14,17-18,33,36H,15-16,20-21H2,1H3,(H,34,35). The first-order valence-corrected chi connectivity index (χ1v) is 12.3. The molecule has 0 atom stereocenters. The van der Waals surface area contributed by atoms with Crippen molar-refractivity contribution in [3.63, 3.8) is 0 Å². The minimum atomic E-state index is -0.460. The van der Waals surface area contributed by atoms with Crippen molar-refractivity contribution in [2.24, 2.45) is 0 Å². The summed E-state index contributed by atoms with van der Waals surface area (Å²) in [7, 11) is 0. The molecule has 0 saturated carbocycles. The summed E-state index contributed by atoms with van der Waals surface area (Å²) in [5.74, 6) is 1.29. The van der Waals surface area contributed by atoms with Crippen molar-refractivity contribution in [2.75, 3.05) is 6.54 Å². The summed E-state index contributed by atoms with van der Waals surface area (Å²) in [4.78, 5) is 11.3. The quantitative estimate of drug-likeness (QED) is 0.133. The van der Waals surface area contributed by atoms with Gasteiger partial charge in [-0.1, -0.05) is 60.7 Å².